The normalized spacial score (nSPS) is 15.1. The average molecular weight is 277 g/mol. The van der Waals surface area contributed by atoms with Crippen LogP contribution in [0.1, 0.15) is 25.0 Å². The van der Waals surface area contributed by atoms with Gasteiger partial charge in [-0.3, -0.25) is 0 Å². The van der Waals surface area contributed by atoms with E-state index in [0.29, 0.717) is 5.56 Å². The first kappa shape index (κ1) is 14.6. The van der Waals surface area contributed by atoms with E-state index in [1.165, 1.54) is 26.0 Å². The van der Waals surface area contributed by atoms with E-state index >= 15 is 4.39 Å². The van der Waals surface area contributed by atoms with Gasteiger partial charge >= 0.3 is 6.43 Å². The standard InChI is InChI=1S/C17H16F3/c1-16(2,13-9-5-3-6-10-13)17(20,15(18)19)14-11-7-4-8-12-14/h3-12H,1-2H3. The number of rotatable bonds is 4. The van der Waals surface area contributed by atoms with Gasteiger partial charge in [-0.1, -0.05) is 74.5 Å². The minimum absolute atomic E-state index is 0.0335. The summed E-state index contributed by atoms with van der Waals surface area (Å²) in [5.74, 6) is 0. The lowest BCUT2D eigenvalue weighted by Gasteiger charge is -2.39. The van der Waals surface area contributed by atoms with Gasteiger partial charge in [0.15, 0.2) is 0 Å². The summed E-state index contributed by atoms with van der Waals surface area (Å²) in [7, 11) is 0. The van der Waals surface area contributed by atoms with Crippen molar-refractivity contribution >= 4 is 0 Å². The highest BCUT2D eigenvalue weighted by Crippen LogP contribution is 2.52. The Kier molecular flexibility index (Phi) is 3.89. The van der Waals surface area contributed by atoms with Crippen molar-refractivity contribution in [3.8, 4) is 0 Å². The molecule has 105 valence electrons. The van der Waals surface area contributed by atoms with Crippen LogP contribution in [0.5, 0.6) is 0 Å². The minimum Gasteiger partial charge on any atom is -0.231 e. The van der Waals surface area contributed by atoms with E-state index in [9.17, 15) is 8.78 Å². The van der Waals surface area contributed by atoms with Crippen LogP contribution in [0, 0.1) is 6.43 Å². The van der Waals surface area contributed by atoms with Gasteiger partial charge in [-0.25, -0.2) is 4.39 Å². The molecule has 0 heterocycles. The molecule has 20 heavy (non-hydrogen) atoms. The Morgan fingerprint density at radius 2 is 1.15 bits per heavy atom. The zero-order valence-electron chi connectivity index (χ0n) is 11.4. The molecule has 0 spiro atoms. The molecule has 0 fully saturated rings. The van der Waals surface area contributed by atoms with E-state index in [4.69, 9.17) is 0 Å². The summed E-state index contributed by atoms with van der Waals surface area (Å²) in [6.07, 6.45) is -2.22. The highest BCUT2D eigenvalue weighted by Gasteiger charge is 2.56. The molecule has 0 amide bonds. The third-order valence-electron chi connectivity index (χ3n) is 3.79. The second-order valence-electron chi connectivity index (χ2n) is 5.28. The van der Waals surface area contributed by atoms with Gasteiger partial charge < -0.3 is 0 Å². The maximum absolute atomic E-state index is 15.3. The zero-order valence-corrected chi connectivity index (χ0v) is 11.4. The van der Waals surface area contributed by atoms with Crippen molar-refractivity contribution in [3.63, 3.8) is 0 Å². The Hall–Kier alpha value is -1.77. The van der Waals surface area contributed by atoms with Crippen molar-refractivity contribution in [2.24, 2.45) is 0 Å². The van der Waals surface area contributed by atoms with Crippen molar-refractivity contribution in [1.82, 2.24) is 0 Å². The Bertz CT molecular complexity index is 549. The lowest BCUT2D eigenvalue weighted by atomic mass is 9.68. The summed E-state index contributed by atoms with van der Waals surface area (Å²) in [6, 6.07) is 16.1. The molecule has 0 saturated carbocycles. The monoisotopic (exact) mass is 277 g/mol. The first-order chi connectivity index (χ1) is 9.40. The van der Waals surface area contributed by atoms with E-state index in [-0.39, 0.29) is 5.56 Å². The Balaban J connectivity index is 2.59. The summed E-state index contributed by atoms with van der Waals surface area (Å²) < 4.78 is 42.3. The molecule has 2 rings (SSSR count). The van der Waals surface area contributed by atoms with Crippen LogP contribution in [-0.4, -0.2) is 0 Å². The molecule has 1 radical (unpaired) electrons. The van der Waals surface area contributed by atoms with Crippen molar-refractivity contribution in [1.29, 1.82) is 0 Å². The Morgan fingerprint density at radius 3 is 1.55 bits per heavy atom. The molecular formula is C17H16F3. The molecule has 2 aromatic carbocycles. The number of benzene rings is 2. The minimum atomic E-state index is -2.82. The third kappa shape index (κ3) is 2.21. The number of hydrogen-bond acceptors (Lipinski definition) is 0. The van der Waals surface area contributed by atoms with Crippen molar-refractivity contribution in [2.75, 3.05) is 0 Å². The molecule has 0 N–H and O–H groups in total. The molecule has 0 aliphatic heterocycles. The van der Waals surface area contributed by atoms with Gasteiger partial charge in [0, 0.05) is 5.41 Å². The van der Waals surface area contributed by atoms with Gasteiger partial charge in [-0.05, 0) is 11.1 Å². The first-order valence-corrected chi connectivity index (χ1v) is 6.39. The van der Waals surface area contributed by atoms with Gasteiger partial charge in [0.25, 0.3) is 0 Å². The maximum atomic E-state index is 15.3. The van der Waals surface area contributed by atoms with Gasteiger partial charge in [-0.2, -0.15) is 8.78 Å². The number of hydrogen-bond donors (Lipinski definition) is 0. The molecular weight excluding hydrogens is 261 g/mol. The fraction of sp³-hybridized carbons (Fsp3) is 0.235. The number of alkyl halides is 1. The molecule has 2 aromatic rings. The highest BCUT2D eigenvalue weighted by atomic mass is 19.3. The summed E-state index contributed by atoms with van der Waals surface area (Å²) in [4.78, 5) is 0. The third-order valence-corrected chi connectivity index (χ3v) is 3.79. The first-order valence-electron chi connectivity index (χ1n) is 6.39. The highest BCUT2D eigenvalue weighted by molar-refractivity contribution is 5.38. The topological polar surface area (TPSA) is 0 Å². The van der Waals surface area contributed by atoms with Crippen LogP contribution in [0.3, 0.4) is 0 Å². The Labute approximate surface area is 117 Å². The summed E-state index contributed by atoms with van der Waals surface area (Å²) in [6.45, 7) is 2.99. The maximum Gasteiger partial charge on any atom is 0.352 e. The second-order valence-corrected chi connectivity index (χ2v) is 5.28. The van der Waals surface area contributed by atoms with Gasteiger partial charge in [0.05, 0.1) is 0 Å². The van der Waals surface area contributed by atoms with E-state index in [1.54, 1.807) is 48.5 Å². The number of halogens is 3. The van der Waals surface area contributed by atoms with Crippen LogP contribution in [0.25, 0.3) is 0 Å². The molecule has 0 aliphatic carbocycles. The smallest absolute Gasteiger partial charge is 0.231 e. The lowest BCUT2D eigenvalue weighted by molar-refractivity contribution is -0.00789. The molecule has 0 nitrogen and oxygen atoms in total. The Morgan fingerprint density at radius 1 is 0.750 bits per heavy atom. The SMILES string of the molecule is CC(C)(c1ccccc1)C(F)([C](F)F)c1ccccc1. The second kappa shape index (κ2) is 5.31. The molecule has 0 aliphatic rings. The van der Waals surface area contributed by atoms with Crippen molar-refractivity contribution in [3.05, 3.63) is 78.2 Å². The largest absolute Gasteiger partial charge is 0.352 e. The molecule has 1 unspecified atom stereocenters. The van der Waals surface area contributed by atoms with E-state index in [0.717, 1.165) is 0 Å². The quantitative estimate of drug-likeness (QED) is 0.715. The fourth-order valence-electron chi connectivity index (χ4n) is 2.43. The molecule has 0 aromatic heterocycles. The average Bonchev–Trinajstić information content (AvgIpc) is 2.47. The van der Waals surface area contributed by atoms with Crippen molar-refractivity contribution in [2.45, 2.75) is 24.9 Å². The van der Waals surface area contributed by atoms with Crippen LogP contribution in [-0.2, 0) is 11.1 Å². The summed E-state index contributed by atoms with van der Waals surface area (Å²) in [5.41, 5.74) is -3.71. The van der Waals surface area contributed by atoms with Crippen molar-refractivity contribution < 1.29 is 13.2 Å². The fourth-order valence-corrected chi connectivity index (χ4v) is 2.43. The summed E-state index contributed by atoms with van der Waals surface area (Å²) in [5, 5.41) is 0. The van der Waals surface area contributed by atoms with Crippen LogP contribution in [0.2, 0.25) is 0 Å². The van der Waals surface area contributed by atoms with E-state index in [2.05, 4.69) is 0 Å². The molecule has 1 atom stereocenters. The van der Waals surface area contributed by atoms with Gasteiger partial charge in [0.2, 0.25) is 5.67 Å². The van der Waals surface area contributed by atoms with Crippen LogP contribution < -0.4 is 0 Å². The van der Waals surface area contributed by atoms with E-state index in [1.807, 2.05) is 0 Å². The predicted molar refractivity (Wildman–Crippen MR) is 74.2 cm³/mol. The zero-order chi connectivity index (χ0) is 14.8. The molecule has 3 heteroatoms. The van der Waals surface area contributed by atoms with Crippen LogP contribution >= 0.6 is 0 Å². The molecule has 0 bridgehead atoms. The van der Waals surface area contributed by atoms with Gasteiger partial charge in [-0.15, -0.1) is 0 Å². The van der Waals surface area contributed by atoms with Gasteiger partial charge in [0.1, 0.15) is 0 Å². The molecule has 0 saturated heterocycles. The predicted octanol–water partition coefficient (Wildman–Crippen LogP) is 5.26. The van der Waals surface area contributed by atoms with Crippen LogP contribution in [0.4, 0.5) is 13.2 Å². The van der Waals surface area contributed by atoms with E-state index < -0.39 is 17.5 Å². The summed E-state index contributed by atoms with van der Waals surface area (Å²) >= 11 is 0. The lowest BCUT2D eigenvalue weighted by Crippen LogP contribution is -2.44. The van der Waals surface area contributed by atoms with Crippen LogP contribution in [0.15, 0.2) is 60.7 Å².